The largest absolute Gasteiger partial charge is 0.350 e. The van der Waals surface area contributed by atoms with Crippen LogP contribution in [-0.4, -0.2) is 49.5 Å². The van der Waals surface area contributed by atoms with Gasteiger partial charge >= 0.3 is 0 Å². The Morgan fingerprint density at radius 3 is 2.27 bits per heavy atom. The second-order valence-corrected chi connectivity index (χ2v) is 12.7. The second kappa shape index (κ2) is 12.8. The molecule has 0 fully saturated rings. The molecule has 0 bridgehead atoms. The van der Waals surface area contributed by atoms with E-state index in [0.29, 0.717) is 35.7 Å². The number of sulfonamides is 1. The number of aryl methyl sites for hydroxylation is 1. The lowest BCUT2D eigenvalue weighted by Crippen LogP contribution is -2.53. The minimum atomic E-state index is -3.60. The Morgan fingerprint density at radius 2 is 1.70 bits per heavy atom. The molecule has 2 amide bonds. The van der Waals surface area contributed by atoms with E-state index < -0.39 is 21.6 Å². The van der Waals surface area contributed by atoms with Gasteiger partial charge in [-0.1, -0.05) is 48.9 Å². The third kappa shape index (κ3) is 8.75. The Labute approximate surface area is 227 Å². The first-order chi connectivity index (χ1) is 17.2. The van der Waals surface area contributed by atoms with E-state index in [9.17, 15) is 18.0 Å². The lowest BCUT2D eigenvalue weighted by molar-refractivity contribution is -0.142. The predicted octanol–water partition coefficient (Wildman–Crippen LogP) is 5.23. The highest BCUT2D eigenvalue weighted by atomic mass is 35.5. The van der Waals surface area contributed by atoms with Gasteiger partial charge in [0.15, 0.2) is 0 Å². The molecule has 0 unspecified atom stereocenters. The molecule has 2 rings (SSSR count). The summed E-state index contributed by atoms with van der Waals surface area (Å²) in [5.41, 5.74) is 2.71. The normalized spacial score (nSPS) is 12.6. The molecule has 0 saturated heterocycles. The first-order valence-corrected chi connectivity index (χ1v) is 14.8. The van der Waals surface area contributed by atoms with Crippen LogP contribution in [0.2, 0.25) is 5.02 Å². The van der Waals surface area contributed by atoms with Crippen LogP contribution in [0.3, 0.4) is 0 Å². The predicted molar refractivity (Wildman–Crippen MR) is 151 cm³/mol. The molecule has 0 saturated carbocycles. The van der Waals surface area contributed by atoms with Gasteiger partial charge in [0.2, 0.25) is 21.8 Å². The minimum Gasteiger partial charge on any atom is -0.350 e. The molecule has 0 spiro atoms. The Hall–Kier alpha value is -2.58. The summed E-state index contributed by atoms with van der Waals surface area (Å²) in [4.78, 5) is 28.4. The molecule has 0 radical (unpaired) electrons. The van der Waals surface area contributed by atoms with Crippen LogP contribution >= 0.6 is 11.6 Å². The monoisotopic (exact) mass is 549 g/mol. The van der Waals surface area contributed by atoms with Crippen LogP contribution in [0.1, 0.15) is 63.6 Å². The summed E-state index contributed by atoms with van der Waals surface area (Å²) < 4.78 is 26.5. The summed E-state index contributed by atoms with van der Waals surface area (Å²) in [6.45, 7) is 11.8. The zero-order valence-corrected chi connectivity index (χ0v) is 24.5. The molecule has 37 heavy (non-hydrogen) atoms. The topological polar surface area (TPSA) is 86.8 Å². The fraction of sp³-hybridized carbons (Fsp3) is 0.500. The molecule has 0 heterocycles. The number of anilines is 1. The van der Waals surface area contributed by atoms with E-state index in [0.717, 1.165) is 17.4 Å². The fourth-order valence-electron chi connectivity index (χ4n) is 4.19. The number of carbonyl (C=O) groups is 2. The summed E-state index contributed by atoms with van der Waals surface area (Å²) in [5, 5.41) is 3.47. The van der Waals surface area contributed by atoms with E-state index in [1.165, 1.54) is 4.31 Å². The molecular weight excluding hydrogens is 510 g/mol. The van der Waals surface area contributed by atoms with Crippen LogP contribution in [0, 0.1) is 13.8 Å². The van der Waals surface area contributed by atoms with Crippen molar-refractivity contribution in [1.29, 1.82) is 0 Å². The van der Waals surface area contributed by atoms with E-state index in [2.05, 4.69) is 5.32 Å². The van der Waals surface area contributed by atoms with Crippen LogP contribution in [0.5, 0.6) is 0 Å². The van der Waals surface area contributed by atoms with Crippen LogP contribution in [0.25, 0.3) is 0 Å². The highest BCUT2D eigenvalue weighted by Crippen LogP contribution is 2.28. The fourth-order valence-corrected chi connectivity index (χ4v) is 5.38. The van der Waals surface area contributed by atoms with Gasteiger partial charge in [-0.05, 0) is 76.3 Å². The summed E-state index contributed by atoms with van der Waals surface area (Å²) in [7, 11) is -3.60. The Bertz CT molecular complexity index is 1210. The van der Waals surface area contributed by atoms with Gasteiger partial charge < -0.3 is 10.2 Å². The summed E-state index contributed by atoms with van der Waals surface area (Å²) in [6, 6.07) is 12.3. The molecular formula is C28H40ClN3O4S. The van der Waals surface area contributed by atoms with E-state index in [4.69, 9.17) is 11.6 Å². The number of hydrogen-bond acceptors (Lipinski definition) is 4. The standard InChI is InChI=1S/C28H40ClN3O4S/c1-8-24(27(34)30-28(4,5)6)31(19-22-14-10-9-13-20(22)2)26(33)17-12-18-32(37(7,35)36)25-16-11-15-23(29)21(25)3/h9-11,13-16,24H,8,12,17-19H2,1-7H3,(H,30,34)/t24-/m0/s1. The van der Waals surface area contributed by atoms with Gasteiger partial charge in [0.1, 0.15) is 6.04 Å². The number of amides is 2. The van der Waals surface area contributed by atoms with Crippen molar-refractivity contribution < 1.29 is 18.0 Å². The molecule has 7 nitrogen and oxygen atoms in total. The van der Waals surface area contributed by atoms with Gasteiger partial charge in [0.25, 0.3) is 0 Å². The molecule has 0 aliphatic heterocycles. The number of benzene rings is 2. The maximum Gasteiger partial charge on any atom is 0.243 e. The Morgan fingerprint density at radius 1 is 1.05 bits per heavy atom. The molecule has 0 aliphatic rings. The second-order valence-electron chi connectivity index (χ2n) is 10.4. The van der Waals surface area contributed by atoms with Gasteiger partial charge in [0, 0.05) is 30.1 Å². The SMILES string of the molecule is CC[C@@H](C(=O)NC(C)(C)C)N(Cc1ccccc1C)C(=O)CCCN(c1cccc(Cl)c1C)S(C)(=O)=O. The third-order valence-corrected chi connectivity index (χ3v) is 7.74. The van der Waals surface area contributed by atoms with Crippen molar-refractivity contribution in [3.8, 4) is 0 Å². The van der Waals surface area contributed by atoms with Crippen LogP contribution in [0.4, 0.5) is 5.69 Å². The summed E-state index contributed by atoms with van der Waals surface area (Å²) in [6.07, 6.45) is 1.98. The summed E-state index contributed by atoms with van der Waals surface area (Å²) >= 11 is 6.23. The number of carbonyl (C=O) groups excluding carboxylic acids is 2. The molecule has 1 N–H and O–H groups in total. The van der Waals surface area contributed by atoms with Crippen molar-refractivity contribution in [2.45, 2.75) is 78.9 Å². The molecule has 9 heteroatoms. The number of halogens is 1. The van der Waals surface area contributed by atoms with Crippen molar-refractivity contribution >= 4 is 39.1 Å². The average Bonchev–Trinajstić information content (AvgIpc) is 2.78. The molecule has 0 aliphatic carbocycles. The van der Waals surface area contributed by atoms with Crippen LogP contribution < -0.4 is 9.62 Å². The van der Waals surface area contributed by atoms with Crippen molar-refractivity contribution in [1.82, 2.24) is 10.2 Å². The average molecular weight is 550 g/mol. The van der Waals surface area contributed by atoms with Crippen molar-refractivity contribution in [3.63, 3.8) is 0 Å². The van der Waals surface area contributed by atoms with Gasteiger partial charge in [-0.25, -0.2) is 8.42 Å². The molecule has 204 valence electrons. The first kappa shape index (κ1) is 30.6. The van der Waals surface area contributed by atoms with Crippen LogP contribution in [-0.2, 0) is 26.2 Å². The lowest BCUT2D eigenvalue weighted by atomic mass is 10.0. The quantitative estimate of drug-likeness (QED) is 0.416. The number of nitrogens with zero attached hydrogens (tertiary/aromatic N) is 2. The van der Waals surface area contributed by atoms with E-state index in [-0.39, 0.29) is 24.8 Å². The highest BCUT2D eigenvalue weighted by Gasteiger charge is 2.31. The molecule has 0 aromatic heterocycles. The molecule has 2 aromatic carbocycles. The number of nitrogens with one attached hydrogen (secondary N) is 1. The van der Waals surface area contributed by atoms with Crippen molar-refractivity contribution in [2.24, 2.45) is 0 Å². The van der Waals surface area contributed by atoms with Crippen molar-refractivity contribution in [2.75, 3.05) is 17.1 Å². The van der Waals surface area contributed by atoms with E-state index in [1.54, 1.807) is 30.0 Å². The number of hydrogen-bond donors (Lipinski definition) is 1. The minimum absolute atomic E-state index is 0.0941. The Balaban J connectivity index is 2.29. The lowest BCUT2D eigenvalue weighted by Gasteiger charge is -2.33. The van der Waals surface area contributed by atoms with E-state index >= 15 is 0 Å². The summed E-state index contributed by atoms with van der Waals surface area (Å²) in [5.74, 6) is -0.403. The highest BCUT2D eigenvalue weighted by molar-refractivity contribution is 7.92. The zero-order chi connectivity index (χ0) is 28.0. The van der Waals surface area contributed by atoms with Gasteiger partial charge in [-0.3, -0.25) is 13.9 Å². The zero-order valence-electron chi connectivity index (χ0n) is 23.0. The Kier molecular flexibility index (Phi) is 10.6. The van der Waals surface area contributed by atoms with Gasteiger partial charge in [-0.15, -0.1) is 0 Å². The van der Waals surface area contributed by atoms with Gasteiger partial charge in [0.05, 0.1) is 11.9 Å². The maximum atomic E-state index is 13.6. The third-order valence-electron chi connectivity index (χ3n) is 6.15. The molecule has 1 atom stereocenters. The van der Waals surface area contributed by atoms with E-state index in [1.807, 2.05) is 58.9 Å². The van der Waals surface area contributed by atoms with Crippen LogP contribution in [0.15, 0.2) is 42.5 Å². The maximum absolute atomic E-state index is 13.6. The number of rotatable bonds is 11. The smallest absolute Gasteiger partial charge is 0.243 e. The van der Waals surface area contributed by atoms with Gasteiger partial charge in [-0.2, -0.15) is 0 Å². The molecule has 2 aromatic rings. The van der Waals surface area contributed by atoms with Crippen molar-refractivity contribution in [3.05, 3.63) is 64.2 Å². The first-order valence-electron chi connectivity index (χ1n) is 12.5.